The lowest BCUT2D eigenvalue weighted by Gasteiger charge is -2.32. The predicted molar refractivity (Wildman–Crippen MR) is 95.6 cm³/mol. The van der Waals surface area contributed by atoms with Gasteiger partial charge in [0.1, 0.15) is 12.4 Å². The number of carbonyl (C=O) groups excluding carboxylic acids is 1. The van der Waals surface area contributed by atoms with Crippen molar-refractivity contribution < 1.29 is 9.53 Å². The normalized spacial score (nSPS) is 15.3. The minimum Gasteiger partial charge on any atom is -0.488 e. The molecule has 126 valence electrons. The van der Waals surface area contributed by atoms with Crippen LogP contribution in [0.5, 0.6) is 5.75 Å². The van der Waals surface area contributed by atoms with E-state index < -0.39 is 0 Å². The Morgan fingerprint density at radius 2 is 1.71 bits per heavy atom. The molecule has 0 atom stereocenters. The molecule has 1 saturated heterocycles. The zero-order valence-corrected chi connectivity index (χ0v) is 14.5. The minimum absolute atomic E-state index is 0.0369. The summed E-state index contributed by atoms with van der Waals surface area (Å²) in [5.41, 5.74) is 1.64. The van der Waals surface area contributed by atoms with E-state index in [1.165, 1.54) is 0 Å². The van der Waals surface area contributed by atoms with Crippen molar-refractivity contribution >= 4 is 17.5 Å². The lowest BCUT2D eigenvalue weighted by Crippen LogP contribution is -2.47. The van der Waals surface area contributed by atoms with Crippen LogP contribution in [0.3, 0.4) is 0 Å². The van der Waals surface area contributed by atoms with Crippen LogP contribution < -0.4 is 4.74 Å². The number of halogens is 1. The standard InChI is InChI=1S/C19H21ClN2O2/c1-21-10-12-22(13-11-21)19(23)17-4-2-3-5-18(17)24-14-15-6-8-16(20)9-7-15/h2-9H,10-14H2,1H3. The SMILES string of the molecule is CN1CCN(C(=O)c2ccccc2OCc2ccc(Cl)cc2)CC1. The Labute approximate surface area is 147 Å². The van der Waals surface area contributed by atoms with E-state index in [4.69, 9.17) is 16.3 Å². The first kappa shape index (κ1) is 16.8. The second-order valence-electron chi connectivity index (χ2n) is 6.01. The maximum Gasteiger partial charge on any atom is 0.257 e. The van der Waals surface area contributed by atoms with E-state index in [0.29, 0.717) is 22.9 Å². The van der Waals surface area contributed by atoms with E-state index in [2.05, 4.69) is 11.9 Å². The van der Waals surface area contributed by atoms with Crippen LogP contribution in [0.4, 0.5) is 0 Å². The number of ether oxygens (including phenoxy) is 1. The van der Waals surface area contributed by atoms with Gasteiger partial charge in [-0.25, -0.2) is 0 Å². The lowest BCUT2D eigenvalue weighted by atomic mass is 10.1. The molecule has 1 heterocycles. The van der Waals surface area contributed by atoms with Crippen LogP contribution >= 0.6 is 11.6 Å². The van der Waals surface area contributed by atoms with E-state index in [-0.39, 0.29) is 5.91 Å². The third kappa shape index (κ3) is 4.08. The summed E-state index contributed by atoms with van der Waals surface area (Å²) < 4.78 is 5.90. The molecule has 4 nitrogen and oxygen atoms in total. The molecule has 0 N–H and O–H groups in total. The summed E-state index contributed by atoms with van der Waals surface area (Å²) in [5.74, 6) is 0.659. The van der Waals surface area contributed by atoms with E-state index in [1.807, 2.05) is 53.4 Å². The molecular formula is C19H21ClN2O2. The van der Waals surface area contributed by atoms with Gasteiger partial charge in [0.05, 0.1) is 5.56 Å². The van der Waals surface area contributed by atoms with Crippen molar-refractivity contribution in [1.29, 1.82) is 0 Å². The molecule has 0 saturated carbocycles. The number of likely N-dealkylation sites (N-methyl/N-ethyl adjacent to an activating group) is 1. The average molecular weight is 345 g/mol. The summed E-state index contributed by atoms with van der Waals surface area (Å²) in [6.45, 7) is 3.71. The maximum absolute atomic E-state index is 12.8. The van der Waals surface area contributed by atoms with Gasteiger partial charge in [0, 0.05) is 31.2 Å². The van der Waals surface area contributed by atoms with Gasteiger partial charge in [-0.05, 0) is 36.9 Å². The first-order valence-electron chi connectivity index (χ1n) is 8.07. The van der Waals surface area contributed by atoms with Crippen LogP contribution in [-0.4, -0.2) is 48.9 Å². The van der Waals surface area contributed by atoms with Crippen molar-refractivity contribution in [3.8, 4) is 5.75 Å². The monoisotopic (exact) mass is 344 g/mol. The van der Waals surface area contributed by atoms with Crippen LogP contribution in [0.15, 0.2) is 48.5 Å². The molecule has 1 aliphatic heterocycles. The molecule has 0 spiro atoms. The quantitative estimate of drug-likeness (QED) is 0.853. The van der Waals surface area contributed by atoms with Crippen molar-refractivity contribution in [2.45, 2.75) is 6.61 Å². The average Bonchev–Trinajstić information content (AvgIpc) is 2.61. The number of amides is 1. The number of nitrogens with zero attached hydrogens (tertiary/aromatic N) is 2. The summed E-state index contributed by atoms with van der Waals surface area (Å²) in [6.07, 6.45) is 0. The van der Waals surface area contributed by atoms with Crippen LogP contribution in [0.25, 0.3) is 0 Å². The molecule has 2 aromatic carbocycles. The van der Waals surface area contributed by atoms with Gasteiger partial charge in [0.25, 0.3) is 5.91 Å². The van der Waals surface area contributed by atoms with E-state index in [1.54, 1.807) is 0 Å². The number of hydrogen-bond acceptors (Lipinski definition) is 3. The van der Waals surface area contributed by atoms with E-state index in [0.717, 1.165) is 31.7 Å². The Balaban J connectivity index is 1.70. The molecule has 5 heteroatoms. The molecular weight excluding hydrogens is 324 g/mol. The minimum atomic E-state index is 0.0369. The van der Waals surface area contributed by atoms with Gasteiger partial charge < -0.3 is 14.5 Å². The van der Waals surface area contributed by atoms with Crippen LogP contribution in [0.1, 0.15) is 15.9 Å². The molecule has 1 fully saturated rings. The summed E-state index contributed by atoms with van der Waals surface area (Å²) in [7, 11) is 2.07. The number of carbonyl (C=O) groups is 1. The first-order valence-corrected chi connectivity index (χ1v) is 8.45. The van der Waals surface area contributed by atoms with Gasteiger partial charge in [-0.15, -0.1) is 0 Å². The molecule has 0 unspecified atom stereocenters. The highest BCUT2D eigenvalue weighted by Gasteiger charge is 2.22. The van der Waals surface area contributed by atoms with Crippen LogP contribution in [0, 0.1) is 0 Å². The molecule has 1 aliphatic rings. The lowest BCUT2D eigenvalue weighted by molar-refractivity contribution is 0.0659. The summed E-state index contributed by atoms with van der Waals surface area (Å²) in [6, 6.07) is 15.0. The maximum atomic E-state index is 12.8. The van der Waals surface area contributed by atoms with Crippen LogP contribution in [-0.2, 0) is 6.61 Å². The Morgan fingerprint density at radius 3 is 2.42 bits per heavy atom. The number of rotatable bonds is 4. The van der Waals surface area contributed by atoms with Crippen molar-refractivity contribution in [2.24, 2.45) is 0 Å². The molecule has 1 amide bonds. The van der Waals surface area contributed by atoms with Crippen LogP contribution in [0.2, 0.25) is 5.02 Å². The molecule has 0 radical (unpaired) electrons. The largest absolute Gasteiger partial charge is 0.488 e. The number of hydrogen-bond donors (Lipinski definition) is 0. The molecule has 24 heavy (non-hydrogen) atoms. The van der Waals surface area contributed by atoms with Crippen molar-refractivity contribution in [2.75, 3.05) is 33.2 Å². The van der Waals surface area contributed by atoms with Gasteiger partial charge in [0.15, 0.2) is 0 Å². The molecule has 0 aromatic heterocycles. The second kappa shape index (κ2) is 7.69. The topological polar surface area (TPSA) is 32.8 Å². The number of para-hydroxylation sites is 1. The highest BCUT2D eigenvalue weighted by molar-refractivity contribution is 6.30. The summed E-state index contributed by atoms with van der Waals surface area (Å²) >= 11 is 5.90. The Bertz CT molecular complexity index is 695. The highest BCUT2D eigenvalue weighted by atomic mass is 35.5. The van der Waals surface area contributed by atoms with E-state index >= 15 is 0 Å². The third-order valence-electron chi connectivity index (χ3n) is 4.22. The Morgan fingerprint density at radius 1 is 1.04 bits per heavy atom. The fourth-order valence-electron chi connectivity index (χ4n) is 2.69. The van der Waals surface area contributed by atoms with Gasteiger partial charge >= 0.3 is 0 Å². The van der Waals surface area contributed by atoms with Gasteiger partial charge in [0.2, 0.25) is 0 Å². The van der Waals surface area contributed by atoms with Gasteiger partial charge in [-0.2, -0.15) is 0 Å². The fourth-order valence-corrected chi connectivity index (χ4v) is 2.82. The molecule has 0 aliphatic carbocycles. The van der Waals surface area contributed by atoms with E-state index in [9.17, 15) is 4.79 Å². The number of piperazine rings is 1. The van der Waals surface area contributed by atoms with Crippen molar-refractivity contribution in [3.63, 3.8) is 0 Å². The summed E-state index contributed by atoms with van der Waals surface area (Å²) in [4.78, 5) is 16.9. The zero-order valence-electron chi connectivity index (χ0n) is 13.7. The van der Waals surface area contributed by atoms with Crippen molar-refractivity contribution in [3.05, 3.63) is 64.7 Å². The van der Waals surface area contributed by atoms with Gasteiger partial charge in [-0.1, -0.05) is 35.9 Å². The third-order valence-corrected chi connectivity index (χ3v) is 4.47. The smallest absolute Gasteiger partial charge is 0.257 e. The predicted octanol–water partition coefficient (Wildman–Crippen LogP) is 3.31. The Hall–Kier alpha value is -2.04. The highest BCUT2D eigenvalue weighted by Crippen LogP contribution is 2.22. The fraction of sp³-hybridized carbons (Fsp3) is 0.316. The second-order valence-corrected chi connectivity index (χ2v) is 6.44. The molecule has 2 aromatic rings. The summed E-state index contributed by atoms with van der Waals surface area (Å²) in [5, 5.41) is 0.699. The first-order chi connectivity index (χ1) is 11.6. The molecule has 3 rings (SSSR count). The molecule has 0 bridgehead atoms. The van der Waals surface area contributed by atoms with Crippen molar-refractivity contribution in [1.82, 2.24) is 9.80 Å². The number of benzene rings is 2. The Kier molecular flexibility index (Phi) is 5.38. The zero-order chi connectivity index (χ0) is 16.9. The van der Waals surface area contributed by atoms with Gasteiger partial charge in [-0.3, -0.25) is 4.79 Å².